The summed E-state index contributed by atoms with van der Waals surface area (Å²) in [7, 11) is 3.68. The van der Waals surface area contributed by atoms with E-state index in [4.69, 9.17) is 23.2 Å². The fourth-order valence-electron chi connectivity index (χ4n) is 2.01. The van der Waals surface area contributed by atoms with Gasteiger partial charge in [-0.1, -0.05) is 29.3 Å². The highest BCUT2D eigenvalue weighted by molar-refractivity contribution is 6.42. The first-order valence-electron chi connectivity index (χ1n) is 6.31. The maximum absolute atomic E-state index is 12.5. The molecule has 110 valence electrons. The molecule has 0 aliphatic carbocycles. The average Bonchev–Trinajstić information content (AvgIpc) is 2.44. The second-order valence-corrected chi connectivity index (χ2v) is 5.59. The van der Waals surface area contributed by atoms with Crippen LogP contribution in [0.25, 0.3) is 0 Å². The lowest BCUT2D eigenvalue weighted by Crippen LogP contribution is -2.32. The molecule has 1 atom stereocenters. The Balaban J connectivity index is 2.21. The molecule has 1 N–H and O–H groups in total. The number of anilines is 1. The van der Waals surface area contributed by atoms with Crippen molar-refractivity contribution < 1.29 is 4.79 Å². The van der Waals surface area contributed by atoms with E-state index in [-0.39, 0.29) is 5.91 Å². The molecule has 4 nitrogen and oxygen atoms in total. The first-order chi connectivity index (χ1) is 9.99. The highest BCUT2D eigenvalue weighted by atomic mass is 35.5. The number of hydrogen-bond acceptors (Lipinski definition) is 3. The summed E-state index contributed by atoms with van der Waals surface area (Å²) in [5.41, 5.74) is 1.42. The SMILES string of the molecule is CN(C)C(C(=O)Nc1ccc(Cl)c(Cl)c1)c1cccnc1. The number of halogens is 2. The molecule has 0 spiro atoms. The third kappa shape index (κ3) is 3.94. The number of nitrogens with zero attached hydrogens (tertiary/aromatic N) is 2. The number of rotatable bonds is 4. The zero-order chi connectivity index (χ0) is 15.4. The Hall–Kier alpha value is -1.62. The quantitative estimate of drug-likeness (QED) is 0.934. The van der Waals surface area contributed by atoms with Gasteiger partial charge in [-0.3, -0.25) is 14.7 Å². The minimum Gasteiger partial charge on any atom is -0.324 e. The Morgan fingerprint density at radius 2 is 2.00 bits per heavy atom. The van der Waals surface area contributed by atoms with E-state index in [0.717, 1.165) is 5.56 Å². The molecule has 21 heavy (non-hydrogen) atoms. The Labute approximate surface area is 133 Å². The number of benzene rings is 1. The Bertz CT molecular complexity index is 632. The molecule has 1 heterocycles. The molecule has 2 aromatic rings. The summed E-state index contributed by atoms with van der Waals surface area (Å²) >= 11 is 11.8. The van der Waals surface area contributed by atoms with Crippen molar-refractivity contribution in [1.82, 2.24) is 9.88 Å². The number of likely N-dealkylation sites (N-methyl/N-ethyl adjacent to an activating group) is 1. The van der Waals surface area contributed by atoms with Gasteiger partial charge in [0, 0.05) is 18.1 Å². The standard InChI is InChI=1S/C15H15Cl2N3O/c1-20(2)14(10-4-3-7-18-9-10)15(21)19-11-5-6-12(16)13(17)8-11/h3-9,14H,1-2H3,(H,19,21). The maximum atomic E-state index is 12.5. The van der Waals surface area contributed by atoms with Gasteiger partial charge in [0.15, 0.2) is 0 Å². The van der Waals surface area contributed by atoms with Gasteiger partial charge in [0.2, 0.25) is 5.91 Å². The molecule has 0 fully saturated rings. The van der Waals surface area contributed by atoms with Crippen molar-refractivity contribution in [3.63, 3.8) is 0 Å². The van der Waals surface area contributed by atoms with E-state index in [0.29, 0.717) is 15.7 Å². The van der Waals surface area contributed by atoms with Crippen LogP contribution in [0.1, 0.15) is 11.6 Å². The second kappa shape index (κ2) is 6.89. The van der Waals surface area contributed by atoms with Crippen LogP contribution in [0.5, 0.6) is 0 Å². The molecule has 0 saturated carbocycles. The molecule has 0 saturated heterocycles. The molecular formula is C15H15Cl2N3O. The predicted octanol–water partition coefficient (Wildman–Crippen LogP) is 3.63. The van der Waals surface area contributed by atoms with E-state index in [9.17, 15) is 4.79 Å². The topological polar surface area (TPSA) is 45.2 Å². The van der Waals surface area contributed by atoms with E-state index in [1.165, 1.54) is 0 Å². The van der Waals surface area contributed by atoms with Gasteiger partial charge in [0.05, 0.1) is 10.0 Å². The summed E-state index contributed by atoms with van der Waals surface area (Å²) in [6.07, 6.45) is 3.35. The highest BCUT2D eigenvalue weighted by Gasteiger charge is 2.23. The number of hydrogen-bond donors (Lipinski definition) is 1. The minimum atomic E-state index is -0.437. The van der Waals surface area contributed by atoms with E-state index in [1.807, 2.05) is 25.1 Å². The minimum absolute atomic E-state index is 0.161. The third-order valence-corrected chi connectivity index (χ3v) is 3.69. The van der Waals surface area contributed by atoms with Crippen molar-refractivity contribution in [2.75, 3.05) is 19.4 Å². The molecule has 0 bridgehead atoms. The fourth-order valence-corrected chi connectivity index (χ4v) is 2.30. The van der Waals surface area contributed by atoms with Crippen LogP contribution in [0.4, 0.5) is 5.69 Å². The summed E-state index contributed by atoms with van der Waals surface area (Å²) in [4.78, 5) is 18.4. The molecule has 1 aromatic heterocycles. The third-order valence-electron chi connectivity index (χ3n) is 2.95. The molecule has 1 amide bonds. The smallest absolute Gasteiger partial charge is 0.246 e. The fraction of sp³-hybridized carbons (Fsp3) is 0.200. The first kappa shape index (κ1) is 15.8. The maximum Gasteiger partial charge on any atom is 0.246 e. The van der Waals surface area contributed by atoms with Crippen LogP contribution in [-0.2, 0) is 4.79 Å². The summed E-state index contributed by atoms with van der Waals surface area (Å²) in [6, 6.07) is 8.21. The van der Waals surface area contributed by atoms with E-state index in [1.54, 1.807) is 36.7 Å². The number of amides is 1. The largest absolute Gasteiger partial charge is 0.324 e. The van der Waals surface area contributed by atoms with Gasteiger partial charge in [-0.25, -0.2) is 0 Å². The summed E-state index contributed by atoms with van der Waals surface area (Å²) in [6.45, 7) is 0. The number of carbonyl (C=O) groups excluding carboxylic acids is 1. The van der Waals surface area contributed by atoms with Crippen LogP contribution in [0.15, 0.2) is 42.7 Å². The van der Waals surface area contributed by atoms with E-state index < -0.39 is 6.04 Å². The zero-order valence-electron chi connectivity index (χ0n) is 11.7. The predicted molar refractivity (Wildman–Crippen MR) is 85.8 cm³/mol. The molecule has 0 aliphatic heterocycles. The lowest BCUT2D eigenvalue weighted by Gasteiger charge is -2.23. The lowest BCUT2D eigenvalue weighted by molar-refractivity contribution is -0.120. The van der Waals surface area contributed by atoms with Crippen LogP contribution in [0, 0.1) is 0 Å². The van der Waals surface area contributed by atoms with Gasteiger partial charge in [-0.2, -0.15) is 0 Å². The van der Waals surface area contributed by atoms with Gasteiger partial charge in [0.25, 0.3) is 0 Å². The van der Waals surface area contributed by atoms with Crippen LogP contribution < -0.4 is 5.32 Å². The summed E-state index contributed by atoms with van der Waals surface area (Å²) in [5, 5.41) is 3.69. The molecule has 1 aromatic carbocycles. The molecule has 0 aliphatic rings. The molecular weight excluding hydrogens is 309 g/mol. The molecule has 0 radical (unpaired) electrons. The zero-order valence-corrected chi connectivity index (χ0v) is 13.2. The normalized spacial score (nSPS) is 12.2. The van der Waals surface area contributed by atoms with Crippen molar-refractivity contribution in [1.29, 1.82) is 0 Å². The number of carbonyl (C=O) groups is 1. The highest BCUT2D eigenvalue weighted by Crippen LogP contribution is 2.26. The number of aromatic nitrogens is 1. The second-order valence-electron chi connectivity index (χ2n) is 4.77. The van der Waals surface area contributed by atoms with Crippen LogP contribution in [0.3, 0.4) is 0 Å². The van der Waals surface area contributed by atoms with Gasteiger partial charge >= 0.3 is 0 Å². The summed E-state index contributed by atoms with van der Waals surface area (Å²) in [5.74, 6) is -0.161. The Morgan fingerprint density at radius 3 is 2.57 bits per heavy atom. The van der Waals surface area contributed by atoms with E-state index >= 15 is 0 Å². The van der Waals surface area contributed by atoms with Crippen molar-refractivity contribution in [3.8, 4) is 0 Å². The van der Waals surface area contributed by atoms with Crippen LogP contribution in [-0.4, -0.2) is 29.9 Å². The first-order valence-corrected chi connectivity index (χ1v) is 7.07. The van der Waals surface area contributed by atoms with Crippen LogP contribution >= 0.6 is 23.2 Å². The van der Waals surface area contributed by atoms with Crippen molar-refractivity contribution in [2.45, 2.75) is 6.04 Å². The van der Waals surface area contributed by atoms with Gasteiger partial charge < -0.3 is 5.32 Å². The Kier molecular flexibility index (Phi) is 5.17. The molecule has 2 rings (SSSR count). The van der Waals surface area contributed by atoms with Gasteiger partial charge in [-0.15, -0.1) is 0 Å². The number of pyridine rings is 1. The monoisotopic (exact) mass is 323 g/mol. The molecule has 1 unspecified atom stereocenters. The van der Waals surface area contributed by atoms with Crippen LogP contribution in [0.2, 0.25) is 10.0 Å². The average molecular weight is 324 g/mol. The van der Waals surface area contributed by atoms with Crippen molar-refractivity contribution in [3.05, 3.63) is 58.3 Å². The van der Waals surface area contributed by atoms with Gasteiger partial charge in [-0.05, 0) is 43.9 Å². The molecule has 6 heteroatoms. The lowest BCUT2D eigenvalue weighted by atomic mass is 10.1. The number of nitrogens with one attached hydrogen (secondary N) is 1. The summed E-state index contributed by atoms with van der Waals surface area (Å²) < 4.78 is 0. The van der Waals surface area contributed by atoms with E-state index in [2.05, 4.69) is 10.3 Å². The van der Waals surface area contributed by atoms with Crippen molar-refractivity contribution in [2.24, 2.45) is 0 Å². The Morgan fingerprint density at radius 1 is 1.24 bits per heavy atom. The van der Waals surface area contributed by atoms with Crippen molar-refractivity contribution >= 4 is 34.8 Å². The van der Waals surface area contributed by atoms with Gasteiger partial charge in [0.1, 0.15) is 6.04 Å².